The zero-order valence-electron chi connectivity index (χ0n) is 7.43. The van der Waals surface area contributed by atoms with Crippen LogP contribution in [-0.4, -0.2) is 52.6 Å². The zero-order chi connectivity index (χ0) is 10.0. The molecule has 3 N–H and O–H groups in total. The lowest BCUT2D eigenvalue weighted by Crippen LogP contribution is -2.59. The third-order valence-electron chi connectivity index (χ3n) is 2.10. The topological polar surface area (TPSA) is 86.9 Å². The number of carbonyl (C=O) groups excluding carboxylic acids is 1. The molecule has 1 aliphatic rings. The smallest absolute Gasteiger partial charge is 0.327 e. The molecule has 0 saturated carbocycles. The zero-order valence-corrected chi connectivity index (χ0v) is 7.43. The normalized spacial score (nSPS) is 24.5. The molecule has 0 aliphatic carbocycles. The lowest BCUT2D eigenvalue weighted by molar-refractivity contribution is -0.152. The van der Waals surface area contributed by atoms with Crippen molar-refractivity contribution < 1.29 is 14.7 Å². The largest absolute Gasteiger partial charge is 0.480 e. The fraction of sp³-hybridized carbons (Fsp3) is 0.714. The van der Waals surface area contributed by atoms with Gasteiger partial charge in [-0.25, -0.2) is 9.80 Å². The summed E-state index contributed by atoms with van der Waals surface area (Å²) < 4.78 is 0. The van der Waals surface area contributed by atoms with Crippen molar-refractivity contribution in [1.29, 1.82) is 0 Å². The maximum absolute atomic E-state index is 11.0. The Morgan fingerprint density at radius 2 is 2.08 bits per heavy atom. The quantitative estimate of drug-likeness (QED) is 0.487. The van der Waals surface area contributed by atoms with Gasteiger partial charge in [-0.1, -0.05) is 0 Å². The number of nitrogens with two attached hydrogens (primary N) is 1. The molecule has 0 radical (unpaired) electrons. The number of hydrazine groups is 1. The third-order valence-corrected chi connectivity index (χ3v) is 2.10. The highest BCUT2D eigenvalue weighted by atomic mass is 16.4. The number of carbonyl (C=O) groups is 2. The summed E-state index contributed by atoms with van der Waals surface area (Å²) in [6.45, 7) is 2.45. The lowest BCUT2D eigenvalue weighted by atomic mass is 10.2. The van der Waals surface area contributed by atoms with Gasteiger partial charge in [0, 0.05) is 26.6 Å². The molecule has 0 bridgehead atoms. The molecule has 1 saturated heterocycles. The number of hydrogen-bond donors (Lipinski definition) is 2. The van der Waals surface area contributed by atoms with Crippen LogP contribution in [0.1, 0.15) is 6.92 Å². The van der Waals surface area contributed by atoms with Crippen molar-refractivity contribution in [3.8, 4) is 0 Å². The molecule has 0 aromatic heterocycles. The van der Waals surface area contributed by atoms with Gasteiger partial charge in [0.05, 0.1) is 0 Å². The Kier molecular flexibility index (Phi) is 2.84. The first-order valence-electron chi connectivity index (χ1n) is 4.02. The first-order chi connectivity index (χ1) is 6.02. The molecule has 13 heavy (non-hydrogen) atoms. The van der Waals surface area contributed by atoms with Crippen LogP contribution in [0.3, 0.4) is 0 Å². The summed E-state index contributed by atoms with van der Waals surface area (Å²) in [6, 6.07) is -0.809. The van der Waals surface area contributed by atoms with Gasteiger partial charge in [-0.2, -0.15) is 0 Å². The van der Waals surface area contributed by atoms with E-state index in [0.717, 1.165) is 0 Å². The molecular formula is C7H13N3O3. The molecule has 6 nitrogen and oxygen atoms in total. The predicted molar refractivity (Wildman–Crippen MR) is 44.6 cm³/mol. The van der Waals surface area contributed by atoms with Crippen LogP contribution in [0, 0.1) is 0 Å². The molecule has 0 unspecified atom stereocenters. The summed E-state index contributed by atoms with van der Waals surface area (Å²) in [6.07, 6.45) is 0. The van der Waals surface area contributed by atoms with Gasteiger partial charge < -0.3 is 10.0 Å². The number of amides is 1. The predicted octanol–water partition coefficient (Wildman–Crippen LogP) is -1.52. The van der Waals surface area contributed by atoms with Gasteiger partial charge in [0.15, 0.2) is 0 Å². The molecule has 1 rings (SSSR count). The van der Waals surface area contributed by atoms with E-state index < -0.39 is 12.0 Å². The standard InChI is InChI=1S/C7H13N3O3/c1-5(11)10-3-2-9(8)4-6(10)7(12)13/h6H,2-4,8H2,1H3,(H,12,13)/t6-/m1/s1. The molecule has 0 aromatic rings. The van der Waals surface area contributed by atoms with Crippen LogP contribution in [-0.2, 0) is 9.59 Å². The Bertz CT molecular complexity index is 231. The van der Waals surface area contributed by atoms with Crippen LogP contribution in [0.2, 0.25) is 0 Å². The van der Waals surface area contributed by atoms with Crippen molar-refractivity contribution >= 4 is 11.9 Å². The second-order valence-electron chi connectivity index (χ2n) is 3.06. The number of carboxylic acid groups (broad SMARTS) is 1. The Hall–Kier alpha value is -1.14. The van der Waals surface area contributed by atoms with Crippen LogP contribution in [0.15, 0.2) is 0 Å². The van der Waals surface area contributed by atoms with E-state index in [1.807, 2.05) is 0 Å². The van der Waals surface area contributed by atoms with Gasteiger partial charge in [-0.3, -0.25) is 10.6 Å². The van der Waals surface area contributed by atoms with E-state index in [9.17, 15) is 9.59 Å². The van der Waals surface area contributed by atoms with Crippen molar-refractivity contribution in [2.24, 2.45) is 5.84 Å². The molecule has 1 fully saturated rings. The number of piperazine rings is 1. The van der Waals surface area contributed by atoms with E-state index in [1.54, 1.807) is 0 Å². The molecule has 74 valence electrons. The number of rotatable bonds is 1. The maximum Gasteiger partial charge on any atom is 0.327 e. The van der Waals surface area contributed by atoms with Crippen LogP contribution in [0.25, 0.3) is 0 Å². The molecule has 1 amide bonds. The van der Waals surface area contributed by atoms with Gasteiger partial charge in [0.25, 0.3) is 0 Å². The fourth-order valence-corrected chi connectivity index (χ4v) is 1.39. The van der Waals surface area contributed by atoms with Crippen molar-refractivity contribution in [1.82, 2.24) is 9.91 Å². The van der Waals surface area contributed by atoms with E-state index in [0.29, 0.717) is 13.1 Å². The first kappa shape index (κ1) is 9.94. The minimum atomic E-state index is -1.01. The highest BCUT2D eigenvalue weighted by Crippen LogP contribution is 2.07. The van der Waals surface area contributed by atoms with E-state index in [2.05, 4.69) is 0 Å². The van der Waals surface area contributed by atoms with Crippen molar-refractivity contribution in [2.75, 3.05) is 19.6 Å². The molecule has 1 atom stereocenters. The van der Waals surface area contributed by atoms with Gasteiger partial charge in [0.2, 0.25) is 5.91 Å². The fourth-order valence-electron chi connectivity index (χ4n) is 1.39. The first-order valence-corrected chi connectivity index (χ1v) is 4.02. The minimum absolute atomic E-state index is 0.189. The molecular weight excluding hydrogens is 174 g/mol. The number of aliphatic carboxylic acids is 1. The van der Waals surface area contributed by atoms with Gasteiger partial charge in [-0.15, -0.1) is 0 Å². The Labute approximate surface area is 75.9 Å². The Morgan fingerprint density at radius 1 is 1.46 bits per heavy atom. The summed E-state index contributed by atoms with van der Waals surface area (Å²) in [5.74, 6) is 4.23. The SMILES string of the molecule is CC(=O)N1CCN(N)C[C@@H]1C(=O)O. The van der Waals surface area contributed by atoms with Gasteiger partial charge >= 0.3 is 5.97 Å². The number of carboxylic acids is 1. The van der Waals surface area contributed by atoms with E-state index >= 15 is 0 Å². The number of nitrogens with zero attached hydrogens (tertiary/aromatic N) is 2. The van der Waals surface area contributed by atoms with Crippen LogP contribution in [0.4, 0.5) is 0 Å². The van der Waals surface area contributed by atoms with Gasteiger partial charge in [0.1, 0.15) is 6.04 Å². The van der Waals surface area contributed by atoms with Crippen LogP contribution < -0.4 is 5.84 Å². The Morgan fingerprint density at radius 3 is 2.54 bits per heavy atom. The summed E-state index contributed by atoms with van der Waals surface area (Å²) >= 11 is 0. The molecule has 0 spiro atoms. The average molecular weight is 187 g/mol. The highest BCUT2D eigenvalue weighted by Gasteiger charge is 2.32. The molecule has 6 heteroatoms. The van der Waals surface area contributed by atoms with Crippen molar-refractivity contribution in [3.05, 3.63) is 0 Å². The summed E-state index contributed by atoms with van der Waals surface area (Å²) in [4.78, 5) is 23.1. The number of hydrogen-bond acceptors (Lipinski definition) is 4. The van der Waals surface area contributed by atoms with Crippen LogP contribution >= 0.6 is 0 Å². The van der Waals surface area contributed by atoms with E-state index in [-0.39, 0.29) is 12.5 Å². The second kappa shape index (κ2) is 3.71. The van der Waals surface area contributed by atoms with Crippen molar-refractivity contribution in [3.63, 3.8) is 0 Å². The minimum Gasteiger partial charge on any atom is -0.480 e. The van der Waals surface area contributed by atoms with E-state index in [1.165, 1.54) is 16.8 Å². The Balaban J connectivity index is 2.72. The third kappa shape index (κ3) is 2.16. The van der Waals surface area contributed by atoms with Gasteiger partial charge in [-0.05, 0) is 0 Å². The molecule has 0 aromatic carbocycles. The lowest BCUT2D eigenvalue weighted by Gasteiger charge is -2.36. The summed E-state index contributed by atoms with van der Waals surface area (Å²) in [5, 5.41) is 10.2. The van der Waals surface area contributed by atoms with E-state index in [4.69, 9.17) is 10.9 Å². The molecule has 1 heterocycles. The highest BCUT2D eigenvalue weighted by molar-refractivity contribution is 5.82. The second-order valence-corrected chi connectivity index (χ2v) is 3.06. The van der Waals surface area contributed by atoms with Crippen molar-refractivity contribution in [2.45, 2.75) is 13.0 Å². The maximum atomic E-state index is 11.0. The molecule has 1 aliphatic heterocycles. The summed E-state index contributed by atoms with van der Waals surface area (Å²) in [7, 11) is 0. The average Bonchev–Trinajstić information content (AvgIpc) is 2.03. The van der Waals surface area contributed by atoms with Crippen LogP contribution in [0.5, 0.6) is 0 Å². The summed E-state index contributed by atoms with van der Waals surface area (Å²) in [5.41, 5.74) is 0. The monoisotopic (exact) mass is 187 g/mol.